The molecule has 0 amide bonds. The molecule has 7 heteroatoms. The minimum atomic E-state index is -0.0255. The lowest BCUT2D eigenvalue weighted by Gasteiger charge is -2.12. The number of nitrogens with zero attached hydrogens (tertiary/aromatic N) is 5. The van der Waals surface area contributed by atoms with Crippen LogP contribution in [0.5, 0.6) is 0 Å². The number of benzene rings is 1. The highest BCUT2D eigenvalue weighted by molar-refractivity contribution is 7.98. The number of aromatic nitrogens is 6. The quantitative estimate of drug-likeness (QED) is 0.750. The fourth-order valence-electron chi connectivity index (χ4n) is 1.83. The van der Waals surface area contributed by atoms with Gasteiger partial charge in [-0.25, -0.2) is 4.98 Å². The van der Waals surface area contributed by atoms with Crippen molar-refractivity contribution >= 4 is 11.8 Å². The monoisotopic (exact) mass is 314 g/mol. The van der Waals surface area contributed by atoms with Crippen molar-refractivity contribution in [2.45, 2.75) is 37.1 Å². The second-order valence-corrected chi connectivity index (χ2v) is 6.91. The van der Waals surface area contributed by atoms with E-state index in [1.165, 1.54) is 0 Å². The lowest BCUT2D eigenvalue weighted by atomic mass is 9.96. The highest BCUT2D eigenvalue weighted by Gasteiger charge is 2.18. The standard InChI is InChI=1S/C15H18N6S/c1-15(2,3)13-17-14(19-18-13)22-10-11-9-16-21(20-11)12-7-5-4-6-8-12/h4-9H,10H2,1-3H3,(H,17,18,19). The van der Waals surface area contributed by atoms with Crippen LogP contribution >= 0.6 is 11.8 Å². The molecule has 1 aromatic carbocycles. The second-order valence-electron chi connectivity index (χ2n) is 5.97. The highest BCUT2D eigenvalue weighted by atomic mass is 32.2. The van der Waals surface area contributed by atoms with Crippen LogP contribution in [0.1, 0.15) is 32.3 Å². The molecule has 1 N–H and O–H groups in total. The van der Waals surface area contributed by atoms with Crippen molar-refractivity contribution < 1.29 is 0 Å². The van der Waals surface area contributed by atoms with Crippen LogP contribution < -0.4 is 0 Å². The molecule has 2 heterocycles. The first-order valence-electron chi connectivity index (χ1n) is 7.05. The van der Waals surface area contributed by atoms with Gasteiger partial charge in [0.15, 0.2) is 0 Å². The number of rotatable bonds is 4. The number of hydrogen-bond donors (Lipinski definition) is 1. The van der Waals surface area contributed by atoms with Gasteiger partial charge in [-0.05, 0) is 12.1 Å². The number of hydrogen-bond acceptors (Lipinski definition) is 5. The average molecular weight is 314 g/mol. The van der Waals surface area contributed by atoms with Crippen LogP contribution in [-0.4, -0.2) is 30.2 Å². The number of nitrogens with one attached hydrogen (secondary N) is 1. The molecule has 22 heavy (non-hydrogen) atoms. The Morgan fingerprint density at radius 1 is 1.18 bits per heavy atom. The summed E-state index contributed by atoms with van der Waals surface area (Å²) >= 11 is 1.55. The van der Waals surface area contributed by atoms with E-state index in [2.05, 4.69) is 46.1 Å². The molecule has 3 aromatic rings. The summed E-state index contributed by atoms with van der Waals surface area (Å²) in [5.41, 5.74) is 1.82. The van der Waals surface area contributed by atoms with Gasteiger partial charge < -0.3 is 0 Å². The predicted molar refractivity (Wildman–Crippen MR) is 86.0 cm³/mol. The summed E-state index contributed by atoms with van der Waals surface area (Å²) in [4.78, 5) is 6.14. The van der Waals surface area contributed by atoms with Crippen LogP contribution in [0, 0.1) is 0 Å². The van der Waals surface area contributed by atoms with Crippen molar-refractivity contribution in [1.29, 1.82) is 0 Å². The Morgan fingerprint density at radius 2 is 1.95 bits per heavy atom. The van der Waals surface area contributed by atoms with E-state index < -0.39 is 0 Å². The molecule has 0 fully saturated rings. The Hall–Kier alpha value is -2.15. The molecule has 0 saturated heterocycles. The molecule has 0 aliphatic heterocycles. The third kappa shape index (κ3) is 3.36. The first kappa shape index (κ1) is 14.8. The maximum atomic E-state index is 4.50. The van der Waals surface area contributed by atoms with Crippen LogP contribution in [0.2, 0.25) is 0 Å². The molecule has 3 rings (SSSR count). The van der Waals surface area contributed by atoms with Gasteiger partial charge in [0.25, 0.3) is 0 Å². The minimum absolute atomic E-state index is 0.0255. The Balaban J connectivity index is 1.65. The molecule has 0 unspecified atom stereocenters. The van der Waals surface area contributed by atoms with Crippen molar-refractivity contribution in [2.24, 2.45) is 0 Å². The summed E-state index contributed by atoms with van der Waals surface area (Å²) < 4.78 is 0. The van der Waals surface area contributed by atoms with Crippen molar-refractivity contribution in [3.05, 3.63) is 48.0 Å². The fourth-order valence-corrected chi connectivity index (χ4v) is 2.51. The largest absolute Gasteiger partial charge is 0.262 e. The van der Waals surface area contributed by atoms with Crippen LogP contribution in [0.15, 0.2) is 41.7 Å². The van der Waals surface area contributed by atoms with Crippen molar-refractivity contribution in [3.8, 4) is 5.69 Å². The molecule has 0 saturated carbocycles. The van der Waals surface area contributed by atoms with E-state index in [0.29, 0.717) is 5.75 Å². The SMILES string of the molecule is CC(C)(C)c1nc(SCc2cnn(-c3ccccc3)n2)n[nH]1. The molecular formula is C15H18N6S. The molecule has 0 spiro atoms. The maximum Gasteiger partial charge on any atom is 0.208 e. The summed E-state index contributed by atoms with van der Waals surface area (Å²) in [6.45, 7) is 6.31. The van der Waals surface area contributed by atoms with Gasteiger partial charge in [-0.15, -0.1) is 5.10 Å². The predicted octanol–water partition coefficient (Wildman–Crippen LogP) is 2.98. The summed E-state index contributed by atoms with van der Waals surface area (Å²) in [6.07, 6.45) is 1.78. The number of aromatic amines is 1. The van der Waals surface area contributed by atoms with Crippen LogP contribution in [0.3, 0.4) is 0 Å². The van der Waals surface area contributed by atoms with Gasteiger partial charge in [0.2, 0.25) is 5.16 Å². The molecular weight excluding hydrogens is 296 g/mol. The normalized spacial score (nSPS) is 11.8. The number of thioether (sulfide) groups is 1. The molecule has 0 bridgehead atoms. The van der Waals surface area contributed by atoms with Crippen molar-refractivity contribution in [3.63, 3.8) is 0 Å². The summed E-state index contributed by atoms with van der Waals surface area (Å²) in [7, 11) is 0. The minimum Gasteiger partial charge on any atom is -0.262 e. The topological polar surface area (TPSA) is 72.3 Å². The zero-order chi connectivity index (χ0) is 15.6. The van der Waals surface area contributed by atoms with Crippen LogP contribution in [-0.2, 0) is 11.2 Å². The van der Waals surface area contributed by atoms with Gasteiger partial charge in [-0.2, -0.15) is 15.0 Å². The van der Waals surface area contributed by atoms with Crippen LogP contribution in [0.25, 0.3) is 5.69 Å². The van der Waals surface area contributed by atoms with E-state index in [4.69, 9.17) is 0 Å². The van der Waals surface area contributed by atoms with Gasteiger partial charge in [0.1, 0.15) is 5.82 Å². The summed E-state index contributed by atoms with van der Waals surface area (Å²) in [5, 5.41) is 16.7. The van der Waals surface area contributed by atoms with Crippen molar-refractivity contribution in [1.82, 2.24) is 30.2 Å². The van der Waals surface area contributed by atoms with E-state index in [9.17, 15) is 0 Å². The van der Waals surface area contributed by atoms with Gasteiger partial charge >= 0.3 is 0 Å². The maximum absolute atomic E-state index is 4.50. The van der Waals surface area contributed by atoms with Gasteiger partial charge in [-0.1, -0.05) is 50.7 Å². The zero-order valence-electron chi connectivity index (χ0n) is 12.8. The number of para-hydroxylation sites is 1. The van der Waals surface area contributed by atoms with E-state index in [-0.39, 0.29) is 5.41 Å². The lowest BCUT2D eigenvalue weighted by molar-refractivity contribution is 0.547. The fraction of sp³-hybridized carbons (Fsp3) is 0.333. The lowest BCUT2D eigenvalue weighted by Crippen LogP contribution is -2.13. The van der Waals surface area contributed by atoms with Crippen LogP contribution in [0.4, 0.5) is 0 Å². The van der Waals surface area contributed by atoms with Gasteiger partial charge in [-0.3, -0.25) is 5.10 Å². The zero-order valence-corrected chi connectivity index (χ0v) is 13.6. The summed E-state index contributed by atoms with van der Waals surface area (Å²) in [6, 6.07) is 9.85. The first-order chi connectivity index (χ1) is 10.5. The average Bonchev–Trinajstić information content (AvgIpc) is 3.15. The first-order valence-corrected chi connectivity index (χ1v) is 8.03. The Bertz CT molecular complexity index is 741. The Kier molecular flexibility index (Phi) is 3.98. The van der Waals surface area contributed by atoms with Gasteiger partial charge in [0.05, 0.1) is 17.6 Å². The molecule has 0 atom stereocenters. The smallest absolute Gasteiger partial charge is 0.208 e. The molecule has 0 aliphatic carbocycles. The van der Waals surface area contributed by atoms with E-state index >= 15 is 0 Å². The third-order valence-electron chi connectivity index (χ3n) is 3.05. The molecule has 6 nitrogen and oxygen atoms in total. The van der Waals surface area contributed by atoms with Crippen molar-refractivity contribution in [2.75, 3.05) is 0 Å². The second kappa shape index (κ2) is 5.92. The van der Waals surface area contributed by atoms with E-state index in [1.54, 1.807) is 22.8 Å². The molecule has 2 aromatic heterocycles. The molecule has 0 aliphatic rings. The molecule has 0 radical (unpaired) electrons. The highest BCUT2D eigenvalue weighted by Crippen LogP contribution is 2.22. The van der Waals surface area contributed by atoms with Gasteiger partial charge in [0, 0.05) is 11.2 Å². The summed E-state index contributed by atoms with van der Waals surface area (Å²) in [5.74, 6) is 1.58. The number of H-pyrrole nitrogens is 1. The van der Waals surface area contributed by atoms with E-state index in [1.807, 2.05) is 30.3 Å². The van der Waals surface area contributed by atoms with E-state index in [0.717, 1.165) is 22.4 Å². The Labute approximate surface area is 133 Å². The molecule has 114 valence electrons. The third-order valence-corrected chi connectivity index (χ3v) is 3.93. The Morgan fingerprint density at radius 3 is 2.64 bits per heavy atom.